The van der Waals surface area contributed by atoms with E-state index >= 15 is 4.39 Å². The van der Waals surface area contributed by atoms with Crippen molar-refractivity contribution in [1.29, 1.82) is 0 Å². The minimum atomic E-state index is -1.16. The number of oxime groups is 1. The molecule has 1 heterocycles. The molecule has 4 aliphatic carbocycles. The smallest absolute Gasteiger partial charge is 0.303 e. The normalized spacial score (nSPS) is 34.6. The Morgan fingerprint density at radius 1 is 1.19 bits per heavy atom. The number of halogens is 1. The molecule has 6 rings (SSSR count). The summed E-state index contributed by atoms with van der Waals surface area (Å²) in [6.45, 7) is 7.12. The van der Waals surface area contributed by atoms with E-state index in [9.17, 15) is 14.8 Å². The van der Waals surface area contributed by atoms with Crippen LogP contribution in [-0.4, -0.2) is 48.5 Å². The Kier molecular flexibility index (Phi) is 7.53. The molecule has 7 heteroatoms. The highest BCUT2D eigenvalue weighted by molar-refractivity contribution is 5.97. The quantitative estimate of drug-likeness (QED) is 0.188. The van der Waals surface area contributed by atoms with E-state index in [1.165, 1.54) is 36.6 Å². The van der Waals surface area contributed by atoms with E-state index in [0.29, 0.717) is 43.4 Å². The molecule has 42 heavy (non-hydrogen) atoms. The molecule has 1 unspecified atom stereocenters. The van der Waals surface area contributed by atoms with E-state index in [0.717, 1.165) is 25.1 Å². The molecular formula is C35H41FN2O4. The number of allylic oxidation sites excluding steroid dienone is 4. The summed E-state index contributed by atoms with van der Waals surface area (Å²) < 4.78 is 21.3. The van der Waals surface area contributed by atoms with Crippen molar-refractivity contribution in [3.63, 3.8) is 0 Å². The summed E-state index contributed by atoms with van der Waals surface area (Å²) in [5.74, 6) is 5.84. The highest BCUT2D eigenvalue weighted by atomic mass is 19.1. The molecule has 0 amide bonds. The molecule has 1 aromatic carbocycles. The number of benzene rings is 1. The van der Waals surface area contributed by atoms with Crippen LogP contribution in [-0.2, 0) is 14.3 Å². The van der Waals surface area contributed by atoms with Crippen molar-refractivity contribution in [3.05, 3.63) is 52.6 Å². The number of anilines is 1. The van der Waals surface area contributed by atoms with E-state index in [2.05, 4.69) is 53.1 Å². The van der Waals surface area contributed by atoms with Crippen LogP contribution in [0.3, 0.4) is 0 Å². The SMILES string of the molecule is CC#C[C@]1(C(=O)COC(C)=O)CC[C@H]2[C@@H]3CC(F)C4=CC(=NO)CCC4=C3[C@@H](c3ccc(N4CCCC4)cc3)C[C@@]21C. The van der Waals surface area contributed by atoms with E-state index in [1.54, 1.807) is 13.0 Å². The molecule has 0 bridgehead atoms. The van der Waals surface area contributed by atoms with E-state index in [4.69, 9.17) is 4.74 Å². The van der Waals surface area contributed by atoms with Gasteiger partial charge in [-0.1, -0.05) is 35.7 Å². The summed E-state index contributed by atoms with van der Waals surface area (Å²) in [7, 11) is 0. The van der Waals surface area contributed by atoms with Crippen LogP contribution in [0.25, 0.3) is 0 Å². The van der Waals surface area contributed by atoms with Crippen LogP contribution in [0.4, 0.5) is 10.1 Å². The minimum absolute atomic E-state index is 0.0000462. The molecule has 6 nitrogen and oxygen atoms in total. The average molecular weight is 573 g/mol. The maximum atomic E-state index is 16.0. The first-order chi connectivity index (χ1) is 20.2. The molecule has 2 saturated carbocycles. The summed E-state index contributed by atoms with van der Waals surface area (Å²) in [6.07, 6.45) is 6.64. The lowest BCUT2D eigenvalue weighted by atomic mass is 9.48. The summed E-state index contributed by atoms with van der Waals surface area (Å²) in [6, 6.07) is 8.88. The van der Waals surface area contributed by atoms with Crippen molar-refractivity contribution < 1.29 is 23.9 Å². The Morgan fingerprint density at radius 2 is 1.93 bits per heavy atom. The van der Waals surface area contributed by atoms with Crippen LogP contribution in [0.5, 0.6) is 0 Å². The third-order valence-corrected chi connectivity index (χ3v) is 11.1. The Hall–Kier alpha value is -3.40. The van der Waals surface area contributed by atoms with Gasteiger partial charge in [0.1, 0.15) is 6.17 Å². The number of Topliss-reactive ketones (excluding diaryl/α,β-unsaturated/α-hetero) is 1. The third kappa shape index (κ3) is 4.49. The zero-order valence-corrected chi connectivity index (χ0v) is 24.9. The topological polar surface area (TPSA) is 79.2 Å². The van der Waals surface area contributed by atoms with Gasteiger partial charge in [0.25, 0.3) is 0 Å². The molecule has 6 atom stereocenters. The van der Waals surface area contributed by atoms with Crippen LogP contribution < -0.4 is 4.90 Å². The number of fused-ring (bicyclic) bond motifs is 4. The first-order valence-corrected chi connectivity index (χ1v) is 15.5. The zero-order chi connectivity index (χ0) is 29.6. The Balaban J connectivity index is 1.48. The summed E-state index contributed by atoms with van der Waals surface area (Å²) in [4.78, 5) is 28.0. The number of ether oxygens (including phenoxy) is 1. The third-order valence-electron chi connectivity index (χ3n) is 11.1. The molecule has 0 spiro atoms. The van der Waals surface area contributed by atoms with Gasteiger partial charge in [-0.2, -0.15) is 0 Å². The van der Waals surface area contributed by atoms with Crippen molar-refractivity contribution in [3.8, 4) is 11.8 Å². The number of ketones is 1. The lowest BCUT2D eigenvalue weighted by Crippen LogP contribution is -2.52. The van der Waals surface area contributed by atoms with Gasteiger partial charge in [0.05, 0.1) is 11.1 Å². The second-order valence-electron chi connectivity index (χ2n) is 13.0. The number of rotatable bonds is 5. The van der Waals surface area contributed by atoms with Gasteiger partial charge in [0.15, 0.2) is 12.4 Å². The fourth-order valence-electron chi connectivity index (χ4n) is 9.18. The lowest BCUT2D eigenvalue weighted by Gasteiger charge is -2.55. The molecule has 222 valence electrons. The van der Waals surface area contributed by atoms with Crippen molar-refractivity contribution in [2.24, 2.45) is 27.8 Å². The molecule has 0 aromatic heterocycles. The molecule has 1 aromatic rings. The fraction of sp³-hybridized carbons (Fsp3) is 0.571. The zero-order valence-electron chi connectivity index (χ0n) is 24.9. The van der Waals surface area contributed by atoms with Gasteiger partial charge in [0, 0.05) is 31.6 Å². The van der Waals surface area contributed by atoms with Gasteiger partial charge in [-0.3, -0.25) is 9.59 Å². The number of nitrogens with zero attached hydrogens (tertiary/aromatic N) is 2. The van der Waals surface area contributed by atoms with Gasteiger partial charge in [-0.15, -0.1) is 5.92 Å². The van der Waals surface area contributed by atoms with Gasteiger partial charge in [-0.25, -0.2) is 4.39 Å². The minimum Gasteiger partial charge on any atom is -0.458 e. The second kappa shape index (κ2) is 11.0. The predicted octanol–water partition coefficient (Wildman–Crippen LogP) is 6.54. The first kappa shape index (κ1) is 28.7. The first-order valence-electron chi connectivity index (χ1n) is 15.5. The Labute approximate surface area is 248 Å². The average Bonchev–Trinajstić information content (AvgIpc) is 3.63. The molecule has 1 saturated heterocycles. The second-order valence-corrected chi connectivity index (χ2v) is 13.0. The maximum Gasteiger partial charge on any atom is 0.303 e. The van der Waals surface area contributed by atoms with E-state index in [-0.39, 0.29) is 30.1 Å². The molecular weight excluding hydrogens is 531 g/mol. The van der Waals surface area contributed by atoms with Crippen molar-refractivity contribution in [2.45, 2.75) is 84.2 Å². The summed E-state index contributed by atoms with van der Waals surface area (Å²) >= 11 is 0. The highest BCUT2D eigenvalue weighted by Crippen LogP contribution is 2.69. The number of alkyl halides is 1. The van der Waals surface area contributed by atoms with Crippen LogP contribution >= 0.6 is 0 Å². The van der Waals surface area contributed by atoms with Crippen LogP contribution in [0.15, 0.2) is 52.2 Å². The highest BCUT2D eigenvalue weighted by Gasteiger charge is 2.66. The number of carbonyl (C=O) groups is 2. The molecule has 3 fully saturated rings. The summed E-state index contributed by atoms with van der Waals surface area (Å²) in [5.41, 5.74) is 4.49. The molecule has 5 aliphatic rings. The van der Waals surface area contributed by atoms with E-state index < -0.39 is 23.0 Å². The number of hydrogen-bond donors (Lipinski definition) is 1. The fourth-order valence-corrected chi connectivity index (χ4v) is 9.18. The molecule has 1 N–H and O–H groups in total. The number of esters is 1. The maximum absolute atomic E-state index is 16.0. The predicted molar refractivity (Wildman–Crippen MR) is 160 cm³/mol. The van der Waals surface area contributed by atoms with Crippen molar-refractivity contribution >= 4 is 23.2 Å². The monoisotopic (exact) mass is 572 g/mol. The van der Waals surface area contributed by atoms with Crippen molar-refractivity contribution in [2.75, 3.05) is 24.6 Å². The standard InChI is InChI=1S/C35H41FN2O4/c1-4-14-35(32(40)21-42-22(2)39)15-13-30-28-19-31(36)27-18-24(37-41)9-12-26(27)33(28)29(20-34(30,35)3)23-7-10-25(11-8-23)38-16-5-6-17-38/h7-8,10-11,18,28-31,41H,5-6,9,12-13,15-17,19-21H2,1-3H3/t28-,29+,30-,31?,34-,35+/m0/s1. The Bertz CT molecular complexity index is 1430. The number of hydrogen-bond acceptors (Lipinski definition) is 6. The summed E-state index contributed by atoms with van der Waals surface area (Å²) in [5, 5.41) is 12.9. The van der Waals surface area contributed by atoms with Gasteiger partial charge >= 0.3 is 5.97 Å². The van der Waals surface area contributed by atoms with Crippen LogP contribution in [0.2, 0.25) is 0 Å². The number of carbonyl (C=O) groups excluding carboxylic acids is 2. The van der Waals surface area contributed by atoms with Gasteiger partial charge in [0.2, 0.25) is 0 Å². The van der Waals surface area contributed by atoms with E-state index in [1.807, 2.05) is 0 Å². The lowest BCUT2D eigenvalue weighted by molar-refractivity contribution is -0.150. The molecule has 0 radical (unpaired) electrons. The molecule has 1 aliphatic heterocycles. The van der Waals surface area contributed by atoms with Crippen molar-refractivity contribution in [1.82, 2.24) is 0 Å². The Morgan fingerprint density at radius 3 is 2.60 bits per heavy atom. The van der Waals surface area contributed by atoms with Crippen LogP contribution in [0, 0.1) is 34.5 Å². The van der Waals surface area contributed by atoms with Crippen LogP contribution in [0.1, 0.15) is 83.6 Å². The van der Waals surface area contributed by atoms with Gasteiger partial charge < -0.3 is 14.8 Å². The van der Waals surface area contributed by atoms with Gasteiger partial charge in [-0.05, 0) is 110 Å². The largest absolute Gasteiger partial charge is 0.458 e.